The third-order valence-electron chi connectivity index (χ3n) is 5.23. The number of morpholine rings is 1. The van der Waals surface area contributed by atoms with Crippen molar-refractivity contribution in [2.24, 2.45) is 10.7 Å². The highest BCUT2D eigenvalue weighted by atomic mass is 16.5. The van der Waals surface area contributed by atoms with Crippen molar-refractivity contribution in [3.8, 4) is 0 Å². The van der Waals surface area contributed by atoms with Gasteiger partial charge < -0.3 is 20.7 Å². The molecule has 1 aromatic heterocycles. The van der Waals surface area contributed by atoms with E-state index in [1.165, 1.54) is 24.0 Å². The number of ether oxygens (including phenoxy) is 1. The molecule has 4 rings (SSSR count). The normalized spacial score (nSPS) is 17.5. The van der Waals surface area contributed by atoms with Gasteiger partial charge in [0.25, 0.3) is 0 Å². The van der Waals surface area contributed by atoms with Crippen molar-refractivity contribution in [2.45, 2.75) is 32.2 Å². The van der Waals surface area contributed by atoms with Crippen molar-refractivity contribution < 1.29 is 4.74 Å². The average Bonchev–Trinajstić information content (AvgIpc) is 2.74. The second kappa shape index (κ2) is 8.39. The number of hydrogen-bond acceptors (Lipinski definition) is 4. The van der Waals surface area contributed by atoms with Gasteiger partial charge in [-0.25, -0.2) is 9.98 Å². The molecule has 1 fully saturated rings. The van der Waals surface area contributed by atoms with E-state index in [1.807, 2.05) is 12.3 Å². The molecule has 2 heterocycles. The maximum Gasteiger partial charge on any atom is 0.193 e. The standard InChI is InChI=1S/C21H27N5O/c22-21(25-19-7-3-5-17-4-1-2-6-18(17)19)24-15-16-8-9-20(23-14-16)26-10-12-27-13-11-26/h3,5,7-9,14H,1-2,4,6,10-13,15H2,(H3,22,24,25). The van der Waals surface area contributed by atoms with Crippen LogP contribution in [-0.4, -0.2) is 37.2 Å². The number of rotatable bonds is 4. The van der Waals surface area contributed by atoms with Crippen molar-refractivity contribution in [1.29, 1.82) is 0 Å². The van der Waals surface area contributed by atoms with Gasteiger partial charge in [-0.05, 0) is 54.5 Å². The van der Waals surface area contributed by atoms with Gasteiger partial charge >= 0.3 is 0 Å². The fraction of sp³-hybridized carbons (Fsp3) is 0.429. The molecule has 0 saturated carbocycles. The Kier molecular flexibility index (Phi) is 5.53. The van der Waals surface area contributed by atoms with Gasteiger partial charge in [-0.1, -0.05) is 18.2 Å². The summed E-state index contributed by atoms with van der Waals surface area (Å²) in [5, 5.41) is 3.29. The van der Waals surface area contributed by atoms with Gasteiger partial charge in [0.2, 0.25) is 0 Å². The van der Waals surface area contributed by atoms with Crippen LogP contribution in [0.5, 0.6) is 0 Å². The zero-order chi connectivity index (χ0) is 18.5. The number of hydrogen-bond donors (Lipinski definition) is 2. The molecule has 0 amide bonds. The number of fused-ring (bicyclic) bond motifs is 1. The van der Waals surface area contributed by atoms with Gasteiger partial charge in [0.05, 0.1) is 19.8 Å². The molecule has 0 spiro atoms. The van der Waals surface area contributed by atoms with E-state index in [0.29, 0.717) is 12.5 Å². The molecule has 27 heavy (non-hydrogen) atoms. The first kappa shape index (κ1) is 17.8. The molecule has 2 aromatic rings. The van der Waals surface area contributed by atoms with E-state index in [2.05, 4.69) is 44.5 Å². The van der Waals surface area contributed by atoms with Gasteiger partial charge in [-0.3, -0.25) is 0 Å². The monoisotopic (exact) mass is 365 g/mol. The lowest BCUT2D eigenvalue weighted by Crippen LogP contribution is -2.36. The van der Waals surface area contributed by atoms with Crippen molar-refractivity contribution >= 4 is 17.5 Å². The lowest BCUT2D eigenvalue weighted by Gasteiger charge is -2.27. The van der Waals surface area contributed by atoms with Crippen LogP contribution in [0.2, 0.25) is 0 Å². The molecule has 0 radical (unpaired) electrons. The largest absolute Gasteiger partial charge is 0.378 e. The van der Waals surface area contributed by atoms with Crippen molar-refractivity contribution in [3.63, 3.8) is 0 Å². The Morgan fingerprint density at radius 2 is 2.00 bits per heavy atom. The Morgan fingerprint density at radius 1 is 1.15 bits per heavy atom. The molecule has 1 aliphatic heterocycles. The summed E-state index contributed by atoms with van der Waals surface area (Å²) >= 11 is 0. The number of nitrogens with one attached hydrogen (secondary N) is 1. The summed E-state index contributed by atoms with van der Waals surface area (Å²) in [5.41, 5.74) is 11.1. The van der Waals surface area contributed by atoms with Crippen molar-refractivity contribution in [2.75, 3.05) is 36.5 Å². The molecular weight excluding hydrogens is 338 g/mol. The summed E-state index contributed by atoms with van der Waals surface area (Å²) in [7, 11) is 0. The van der Waals surface area contributed by atoms with Crippen LogP contribution in [0.3, 0.4) is 0 Å². The number of aromatic nitrogens is 1. The molecule has 0 atom stereocenters. The SMILES string of the molecule is NC(=NCc1ccc(N2CCOCC2)nc1)Nc1cccc2c1CCCC2. The zero-order valence-electron chi connectivity index (χ0n) is 15.7. The Balaban J connectivity index is 1.38. The molecule has 0 unspecified atom stereocenters. The summed E-state index contributed by atoms with van der Waals surface area (Å²) in [4.78, 5) is 11.3. The summed E-state index contributed by atoms with van der Waals surface area (Å²) < 4.78 is 5.39. The van der Waals surface area contributed by atoms with E-state index < -0.39 is 0 Å². The van der Waals surface area contributed by atoms with Crippen LogP contribution < -0.4 is 16.0 Å². The van der Waals surface area contributed by atoms with Gasteiger partial charge in [-0.2, -0.15) is 0 Å². The number of benzene rings is 1. The van der Waals surface area contributed by atoms with Crippen LogP contribution in [0.1, 0.15) is 29.5 Å². The fourth-order valence-corrected chi connectivity index (χ4v) is 3.74. The molecule has 1 saturated heterocycles. The Labute approximate surface area is 160 Å². The summed E-state index contributed by atoms with van der Waals surface area (Å²) in [6.45, 7) is 3.83. The lowest BCUT2D eigenvalue weighted by atomic mass is 9.90. The Bertz CT molecular complexity index is 797. The first-order chi connectivity index (χ1) is 13.3. The topological polar surface area (TPSA) is 75.8 Å². The number of anilines is 2. The van der Waals surface area contributed by atoms with Crippen LogP contribution in [0.25, 0.3) is 0 Å². The molecule has 6 nitrogen and oxygen atoms in total. The minimum atomic E-state index is 0.450. The van der Waals surface area contributed by atoms with Gasteiger partial charge in [0.15, 0.2) is 5.96 Å². The van der Waals surface area contributed by atoms with Gasteiger partial charge in [-0.15, -0.1) is 0 Å². The van der Waals surface area contributed by atoms with Crippen LogP contribution in [-0.2, 0) is 24.1 Å². The van der Waals surface area contributed by atoms with E-state index in [-0.39, 0.29) is 0 Å². The maximum absolute atomic E-state index is 6.13. The molecule has 3 N–H and O–H groups in total. The molecule has 1 aliphatic carbocycles. The number of aliphatic imine (C=N–C) groups is 1. The Hall–Kier alpha value is -2.60. The van der Waals surface area contributed by atoms with Crippen LogP contribution in [0, 0.1) is 0 Å². The second-order valence-electron chi connectivity index (χ2n) is 7.10. The number of pyridine rings is 1. The highest BCUT2D eigenvalue weighted by molar-refractivity contribution is 5.93. The third-order valence-corrected chi connectivity index (χ3v) is 5.23. The molecule has 6 heteroatoms. The zero-order valence-corrected chi connectivity index (χ0v) is 15.7. The second-order valence-corrected chi connectivity index (χ2v) is 7.10. The maximum atomic E-state index is 6.13. The summed E-state index contributed by atoms with van der Waals surface area (Å²) in [5.74, 6) is 1.44. The predicted molar refractivity (Wildman–Crippen MR) is 109 cm³/mol. The minimum absolute atomic E-state index is 0.450. The highest BCUT2D eigenvalue weighted by Crippen LogP contribution is 2.27. The molecule has 142 valence electrons. The predicted octanol–water partition coefficient (Wildman–Crippen LogP) is 2.72. The van der Waals surface area contributed by atoms with Crippen LogP contribution in [0.15, 0.2) is 41.5 Å². The van der Waals surface area contributed by atoms with Gasteiger partial charge in [0.1, 0.15) is 5.82 Å². The van der Waals surface area contributed by atoms with E-state index in [0.717, 1.165) is 56.2 Å². The molecule has 0 bridgehead atoms. The lowest BCUT2D eigenvalue weighted by molar-refractivity contribution is 0.122. The number of aryl methyl sites for hydroxylation is 1. The summed E-state index contributed by atoms with van der Waals surface area (Å²) in [6.07, 6.45) is 6.66. The Morgan fingerprint density at radius 3 is 2.81 bits per heavy atom. The van der Waals surface area contributed by atoms with E-state index in [1.54, 1.807) is 0 Å². The average molecular weight is 365 g/mol. The van der Waals surface area contributed by atoms with E-state index in [4.69, 9.17) is 10.5 Å². The molecule has 1 aromatic carbocycles. The van der Waals surface area contributed by atoms with Gasteiger partial charge in [0, 0.05) is 25.0 Å². The highest BCUT2D eigenvalue weighted by Gasteiger charge is 2.13. The fourth-order valence-electron chi connectivity index (χ4n) is 3.74. The number of nitrogens with zero attached hydrogens (tertiary/aromatic N) is 3. The van der Waals surface area contributed by atoms with Crippen LogP contribution >= 0.6 is 0 Å². The first-order valence-electron chi connectivity index (χ1n) is 9.75. The molecule has 2 aliphatic rings. The minimum Gasteiger partial charge on any atom is -0.378 e. The quantitative estimate of drug-likeness (QED) is 0.644. The third kappa shape index (κ3) is 4.39. The number of guanidine groups is 1. The number of nitrogens with two attached hydrogens (primary N) is 1. The van der Waals surface area contributed by atoms with Crippen LogP contribution in [0.4, 0.5) is 11.5 Å². The van der Waals surface area contributed by atoms with Crippen molar-refractivity contribution in [3.05, 3.63) is 53.2 Å². The smallest absolute Gasteiger partial charge is 0.193 e. The van der Waals surface area contributed by atoms with E-state index in [9.17, 15) is 0 Å². The van der Waals surface area contributed by atoms with Crippen molar-refractivity contribution in [1.82, 2.24) is 4.98 Å². The molecular formula is C21H27N5O. The first-order valence-corrected chi connectivity index (χ1v) is 9.75. The summed E-state index contributed by atoms with van der Waals surface area (Å²) in [6, 6.07) is 10.5. The van der Waals surface area contributed by atoms with E-state index >= 15 is 0 Å².